The van der Waals surface area contributed by atoms with Crippen molar-refractivity contribution < 1.29 is 24.0 Å². The van der Waals surface area contributed by atoms with E-state index in [1.165, 1.54) is 12.1 Å². The van der Waals surface area contributed by atoms with Gasteiger partial charge in [-0.15, -0.1) is 0 Å². The SMILES string of the molecule is O=C(CCc1cccc(OCc2ccccc2)c1)ON1C(=O)c2ccccc2C1=O. The third-order valence-electron chi connectivity index (χ3n) is 4.71. The number of nitrogens with zero attached hydrogens (tertiary/aromatic N) is 1. The number of carbonyl (C=O) groups is 3. The van der Waals surface area contributed by atoms with E-state index >= 15 is 0 Å². The highest BCUT2D eigenvalue weighted by Crippen LogP contribution is 2.23. The van der Waals surface area contributed by atoms with Crippen LogP contribution < -0.4 is 4.74 Å². The van der Waals surface area contributed by atoms with Gasteiger partial charge in [0.05, 0.1) is 17.5 Å². The summed E-state index contributed by atoms with van der Waals surface area (Å²) in [5, 5.41) is 0.534. The molecule has 1 aliphatic heterocycles. The van der Waals surface area contributed by atoms with Crippen molar-refractivity contribution in [2.45, 2.75) is 19.4 Å². The number of hydrogen-bond acceptors (Lipinski definition) is 5. The van der Waals surface area contributed by atoms with Gasteiger partial charge < -0.3 is 9.57 Å². The van der Waals surface area contributed by atoms with Crippen LogP contribution in [0.5, 0.6) is 5.75 Å². The molecule has 0 bridgehead atoms. The Hall–Kier alpha value is -3.93. The van der Waals surface area contributed by atoms with E-state index in [0.29, 0.717) is 23.8 Å². The smallest absolute Gasteiger partial charge is 0.333 e. The number of ether oxygens (including phenoxy) is 1. The van der Waals surface area contributed by atoms with Crippen molar-refractivity contribution in [3.8, 4) is 5.75 Å². The topological polar surface area (TPSA) is 72.9 Å². The number of hydroxylamine groups is 2. The highest BCUT2D eigenvalue weighted by molar-refractivity contribution is 6.20. The zero-order chi connectivity index (χ0) is 20.9. The maximum atomic E-state index is 12.3. The van der Waals surface area contributed by atoms with Crippen LogP contribution in [0.4, 0.5) is 0 Å². The monoisotopic (exact) mass is 401 g/mol. The molecule has 1 aliphatic rings. The van der Waals surface area contributed by atoms with Crippen LogP contribution in [0.2, 0.25) is 0 Å². The molecule has 6 heteroatoms. The minimum Gasteiger partial charge on any atom is -0.489 e. The Morgan fingerprint density at radius 1 is 0.767 bits per heavy atom. The summed E-state index contributed by atoms with van der Waals surface area (Å²) < 4.78 is 5.80. The van der Waals surface area contributed by atoms with Crippen molar-refractivity contribution in [1.29, 1.82) is 0 Å². The van der Waals surface area contributed by atoms with Crippen LogP contribution in [-0.4, -0.2) is 22.8 Å². The van der Waals surface area contributed by atoms with E-state index in [1.54, 1.807) is 12.1 Å². The molecular formula is C24H19NO5. The first-order valence-electron chi connectivity index (χ1n) is 9.56. The number of fused-ring (bicyclic) bond motifs is 1. The Bertz CT molecular complexity index is 1060. The molecule has 0 N–H and O–H groups in total. The molecule has 4 rings (SSSR count). The van der Waals surface area contributed by atoms with E-state index in [-0.39, 0.29) is 17.5 Å². The van der Waals surface area contributed by atoms with Gasteiger partial charge in [0.1, 0.15) is 12.4 Å². The summed E-state index contributed by atoms with van der Waals surface area (Å²) in [5.41, 5.74) is 2.42. The molecule has 0 spiro atoms. The molecule has 3 aromatic carbocycles. The molecule has 3 aromatic rings. The van der Waals surface area contributed by atoms with Gasteiger partial charge in [-0.05, 0) is 41.8 Å². The summed E-state index contributed by atoms with van der Waals surface area (Å²) in [5.74, 6) is -1.20. The van der Waals surface area contributed by atoms with Crippen LogP contribution in [0, 0.1) is 0 Å². The Morgan fingerprint density at radius 2 is 1.40 bits per heavy atom. The predicted octanol–water partition coefficient (Wildman–Crippen LogP) is 3.95. The largest absolute Gasteiger partial charge is 0.489 e. The van der Waals surface area contributed by atoms with Crippen molar-refractivity contribution in [1.82, 2.24) is 5.06 Å². The summed E-state index contributed by atoms with van der Waals surface area (Å²) in [6.45, 7) is 0.450. The fourth-order valence-electron chi connectivity index (χ4n) is 3.18. The highest BCUT2D eigenvalue weighted by Gasteiger charge is 2.38. The number of rotatable bonds is 7. The number of benzene rings is 3. The van der Waals surface area contributed by atoms with E-state index in [4.69, 9.17) is 9.57 Å². The fraction of sp³-hybridized carbons (Fsp3) is 0.125. The van der Waals surface area contributed by atoms with E-state index < -0.39 is 17.8 Å². The minimum atomic E-state index is -0.653. The van der Waals surface area contributed by atoms with E-state index in [1.807, 2.05) is 54.6 Å². The Kier molecular flexibility index (Phi) is 5.57. The first-order chi connectivity index (χ1) is 14.6. The molecule has 150 valence electrons. The number of carbonyl (C=O) groups excluding carboxylic acids is 3. The molecule has 0 radical (unpaired) electrons. The zero-order valence-corrected chi connectivity index (χ0v) is 16.1. The summed E-state index contributed by atoms with van der Waals surface area (Å²) in [7, 11) is 0. The number of aryl methyl sites for hydroxylation is 1. The molecule has 0 saturated carbocycles. The molecule has 0 atom stereocenters. The van der Waals surface area contributed by atoms with Gasteiger partial charge in [0, 0.05) is 0 Å². The first kappa shape index (κ1) is 19.4. The van der Waals surface area contributed by atoms with Gasteiger partial charge in [-0.25, -0.2) is 4.79 Å². The predicted molar refractivity (Wildman–Crippen MR) is 109 cm³/mol. The minimum absolute atomic E-state index is 0.0234. The Labute approximate surface area is 173 Å². The molecule has 2 amide bonds. The average Bonchev–Trinajstić information content (AvgIpc) is 3.02. The average molecular weight is 401 g/mol. The number of hydrogen-bond donors (Lipinski definition) is 0. The molecule has 0 aliphatic carbocycles. The van der Waals surface area contributed by atoms with Crippen molar-refractivity contribution >= 4 is 17.8 Å². The van der Waals surface area contributed by atoms with E-state index in [0.717, 1.165) is 11.1 Å². The quantitative estimate of drug-likeness (QED) is 0.561. The maximum absolute atomic E-state index is 12.3. The molecule has 0 aromatic heterocycles. The standard InChI is InChI=1S/C24H19NO5/c26-22(30-25-23(27)20-11-4-5-12-21(20)24(25)28)14-13-17-9-6-10-19(15-17)29-16-18-7-2-1-3-8-18/h1-12,15H,13-14,16H2. The molecular weight excluding hydrogens is 382 g/mol. The van der Waals surface area contributed by atoms with Gasteiger partial charge in [0.15, 0.2) is 0 Å². The van der Waals surface area contributed by atoms with Crippen LogP contribution in [-0.2, 0) is 22.7 Å². The molecule has 0 saturated heterocycles. The van der Waals surface area contributed by atoms with Gasteiger partial charge in [-0.2, -0.15) is 0 Å². The number of imide groups is 1. The van der Waals surface area contributed by atoms with Gasteiger partial charge >= 0.3 is 5.97 Å². The van der Waals surface area contributed by atoms with Crippen molar-refractivity contribution in [3.05, 3.63) is 101 Å². The Balaban J connectivity index is 1.31. The van der Waals surface area contributed by atoms with Crippen LogP contribution in [0.3, 0.4) is 0 Å². The zero-order valence-electron chi connectivity index (χ0n) is 16.1. The maximum Gasteiger partial charge on any atom is 0.333 e. The van der Waals surface area contributed by atoms with Gasteiger partial charge in [-0.3, -0.25) is 9.59 Å². The molecule has 1 heterocycles. The molecule has 30 heavy (non-hydrogen) atoms. The second kappa shape index (κ2) is 8.61. The normalized spacial score (nSPS) is 12.6. The van der Waals surface area contributed by atoms with Crippen molar-refractivity contribution in [2.24, 2.45) is 0 Å². The van der Waals surface area contributed by atoms with Crippen LogP contribution in [0.1, 0.15) is 38.3 Å². The van der Waals surface area contributed by atoms with Crippen molar-refractivity contribution in [3.63, 3.8) is 0 Å². The van der Waals surface area contributed by atoms with Gasteiger partial charge in [0.2, 0.25) is 0 Å². The number of amides is 2. The molecule has 6 nitrogen and oxygen atoms in total. The lowest BCUT2D eigenvalue weighted by Gasteiger charge is -2.13. The second-order valence-corrected chi connectivity index (χ2v) is 6.84. The fourth-order valence-corrected chi connectivity index (χ4v) is 3.18. The Morgan fingerprint density at radius 3 is 2.10 bits per heavy atom. The van der Waals surface area contributed by atoms with Gasteiger partial charge in [0.25, 0.3) is 11.8 Å². The molecule has 0 unspecified atom stereocenters. The van der Waals surface area contributed by atoms with Crippen molar-refractivity contribution in [2.75, 3.05) is 0 Å². The third kappa shape index (κ3) is 4.22. The summed E-state index contributed by atoms with van der Waals surface area (Å²) >= 11 is 0. The van der Waals surface area contributed by atoms with Crippen LogP contribution >= 0.6 is 0 Å². The first-order valence-corrected chi connectivity index (χ1v) is 9.56. The van der Waals surface area contributed by atoms with Crippen LogP contribution in [0.15, 0.2) is 78.9 Å². The summed E-state index contributed by atoms with van der Waals surface area (Å²) in [6, 6.07) is 23.6. The van der Waals surface area contributed by atoms with E-state index in [9.17, 15) is 14.4 Å². The third-order valence-corrected chi connectivity index (χ3v) is 4.71. The lowest BCUT2D eigenvalue weighted by atomic mass is 10.1. The summed E-state index contributed by atoms with van der Waals surface area (Å²) in [4.78, 5) is 41.8. The second-order valence-electron chi connectivity index (χ2n) is 6.84. The lowest BCUT2D eigenvalue weighted by Crippen LogP contribution is -2.32. The lowest BCUT2D eigenvalue weighted by molar-refractivity contribution is -0.168. The highest BCUT2D eigenvalue weighted by atomic mass is 16.7. The van der Waals surface area contributed by atoms with Crippen LogP contribution in [0.25, 0.3) is 0 Å². The van der Waals surface area contributed by atoms with E-state index in [2.05, 4.69) is 0 Å². The molecule has 0 fully saturated rings. The van der Waals surface area contributed by atoms with Gasteiger partial charge in [-0.1, -0.05) is 59.7 Å². The summed E-state index contributed by atoms with van der Waals surface area (Å²) in [6.07, 6.45) is 0.417.